The smallest absolute Gasteiger partial charge is 0.312 e. The molecule has 0 aromatic rings. The zero-order chi connectivity index (χ0) is 21.9. The highest BCUT2D eigenvalue weighted by molar-refractivity contribution is 5.98. The van der Waals surface area contributed by atoms with Gasteiger partial charge >= 0.3 is 5.97 Å². The van der Waals surface area contributed by atoms with Crippen LogP contribution in [0.2, 0.25) is 0 Å². The number of aliphatic hydroxyl groups excluding tert-OH is 1. The Balaban J connectivity index is 1.97. The highest BCUT2D eigenvalue weighted by atomic mass is 16.6. The van der Waals surface area contributed by atoms with Gasteiger partial charge in [-0.25, -0.2) is 0 Å². The number of esters is 1. The molecule has 0 radical (unpaired) electrons. The SMILES string of the molecule is C=CCN(CCCC)C(=O)[C@H]1N(CCCO)C(=O)[C@@H]2[C@@H](C(=O)OCC)[C@H]3CC[C@]21O3. The first kappa shape index (κ1) is 22.7. The molecule has 3 fully saturated rings. The first-order chi connectivity index (χ1) is 14.5. The molecule has 8 heteroatoms. The molecule has 30 heavy (non-hydrogen) atoms. The van der Waals surface area contributed by atoms with Crippen LogP contribution in [0.4, 0.5) is 0 Å². The van der Waals surface area contributed by atoms with Crippen LogP contribution in [0, 0.1) is 11.8 Å². The van der Waals surface area contributed by atoms with E-state index in [0.717, 1.165) is 12.8 Å². The molecule has 2 bridgehead atoms. The Bertz CT molecular complexity index is 683. The Morgan fingerprint density at radius 2 is 2.17 bits per heavy atom. The highest BCUT2D eigenvalue weighted by Gasteiger charge is 2.74. The summed E-state index contributed by atoms with van der Waals surface area (Å²) in [6.07, 6.45) is 4.64. The molecule has 1 spiro atoms. The summed E-state index contributed by atoms with van der Waals surface area (Å²) in [5.74, 6) is -2.21. The van der Waals surface area contributed by atoms with Crippen LogP contribution < -0.4 is 0 Å². The molecule has 2 amide bonds. The van der Waals surface area contributed by atoms with Crippen molar-refractivity contribution in [2.45, 2.75) is 63.7 Å². The van der Waals surface area contributed by atoms with E-state index in [4.69, 9.17) is 9.47 Å². The van der Waals surface area contributed by atoms with Gasteiger partial charge in [-0.1, -0.05) is 19.4 Å². The van der Waals surface area contributed by atoms with Gasteiger partial charge in [0.2, 0.25) is 11.8 Å². The molecule has 0 aromatic heterocycles. The standard InChI is InChI=1S/C22H34N2O6/c1-4-7-12-23(11-5-2)20(27)18-22-10-9-15(30-22)16(21(28)29-6-3)17(22)19(26)24(18)13-8-14-25/h5,15-18,25H,2,4,6-14H2,1,3H3/t15-,16+,17+,18-,22+/m1/s1. The molecule has 3 aliphatic heterocycles. The van der Waals surface area contributed by atoms with Crippen LogP contribution >= 0.6 is 0 Å². The van der Waals surface area contributed by atoms with Crippen molar-refractivity contribution in [3.8, 4) is 0 Å². The van der Waals surface area contributed by atoms with E-state index >= 15 is 0 Å². The molecule has 3 rings (SSSR count). The average Bonchev–Trinajstić information content (AvgIpc) is 3.36. The summed E-state index contributed by atoms with van der Waals surface area (Å²) in [4.78, 5) is 43.1. The molecular weight excluding hydrogens is 388 g/mol. The van der Waals surface area contributed by atoms with Gasteiger partial charge in [0.05, 0.1) is 24.5 Å². The number of likely N-dealkylation sites (tertiary alicyclic amines) is 1. The topological polar surface area (TPSA) is 96.4 Å². The lowest BCUT2D eigenvalue weighted by Crippen LogP contribution is -2.56. The fourth-order valence-electron chi connectivity index (χ4n) is 5.39. The molecule has 0 aromatic carbocycles. The van der Waals surface area contributed by atoms with Crippen molar-refractivity contribution in [2.75, 3.05) is 32.8 Å². The number of carbonyl (C=O) groups excluding carboxylic acids is 3. The number of hydrogen-bond donors (Lipinski definition) is 1. The molecule has 3 saturated heterocycles. The van der Waals surface area contributed by atoms with Crippen molar-refractivity contribution in [2.24, 2.45) is 11.8 Å². The van der Waals surface area contributed by atoms with Crippen molar-refractivity contribution in [3.63, 3.8) is 0 Å². The molecule has 8 nitrogen and oxygen atoms in total. The number of nitrogens with zero attached hydrogens (tertiary/aromatic N) is 2. The van der Waals surface area contributed by atoms with Crippen molar-refractivity contribution >= 4 is 17.8 Å². The average molecular weight is 423 g/mol. The van der Waals surface area contributed by atoms with Crippen LogP contribution in [-0.2, 0) is 23.9 Å². The van der Waals surface area contributed by atoms with E-state index in [1.54, 1.807) is 22.8 Å². The fourth-order valence-corrected chi connectivity index (χ4v) is 5.39. The Hall–Kier alpha value is -1.93. The van der Waals surface area contributed by atoms with Gasteiger partial charge in [-0.3, -0.25) is 14.4 Å². The third-order valence-electron chi connectivity index (χ3n) is 6.59. The minimum atomic E-state index is -1.00. The van der Waals surface area contributed by atoms with Crippen molar-refractivity contribution < 1.29 is 29.0 Å². The number of ether oxygens (including phenoxy) is 2. The summed E-state index contributed by atoms with van der Waals surface area (Å²) in [6, 6.07) is -0.789. The molecule has 3 aliphatic rings. The molecule has 168 valence electrons. The van der Waals surface area contributed by atoms with Crippen LogP contribution in [-0.4, -0.2) is 83.3 Å². The van der Waals surface area contributed by atoms with Gasteiger partial charge in [-0.05, 0) is 32.6 Å². The van der Waals surface area contributed by atoms with E-state index in [2.05, 4.69) is 13.5 Å². The van der Waals surface area contributed by atoms with E-state index in [-0.39, 0.29) is 31.6 Å². The molecule has 0 unspecified atom stereocenters. The fraction of sp³-hybridized carbons (Fsp3) is 0.773. The number of rotatable bonds is 11. The van der Waals surface area contributed by atoms with Crippen LogP contribution in [0.1, 0.15) is 46.0 Å². The monoisotopic (exact) mass is 422 g/mol. The zero-order valence-electron chi connectivity index (χ0n) is 18.0. The van der Waals surface area contributed by atoms with Crippen molar-refractivity contribution in [3.05, 3.63) is 12.7 Å². The Morgan fingerprint density at radius 1 is 1.40 bits per heavy atom. The maximum absolute atomic E-state index is 13.7. The summed E-state index contributed by atoms with van der Waals surface area (Å²) in [6.45, 7) is 8.93. The zero-order valence-corrected chi connectivity index (χ0v) is 18.0. The number of fused-ring (bicyclic) bond motifs is 1. The summed E-state index contributed by atoms with van der Waals surface area (Å²) in [5.41, 5.74) is -1.00. The molecule has 0 aliphatic carbocycles. The summed E-state index contributed by atoms with van der Waals surface area (Å²) in [7, 11) is 0. The largest absolute Gasteiger partial charge is 0.466 e. The van der Waals surface area contributed by atoms with Crippen LogP contribution in [0.3, 0.4) is 0 Å². The summed E-state index contributed by atoms with van der Waals surface area (Å²) < 4.78 is 11.6. The quantitative estimate of drug-likeness (QED) is 0.396. The van der Waals surface area contributed by atoms with Gasteiger partial charge in [-0.2, -0.15) is 0 Å². The van der Waals surface area contributed by atoms with Gasteiger partial charge in [0.1, 0.15) is 11.6 Å². The van der Waals surface area contributed by atoms with Crippen molar-refractivity contribution in [1.29, 1.82) is 0 Å². The van der Waals surface area contributed by atoms with Crippen LogP contribution in [0.25, 0.3) is 0 Å². The minimum absolute atomic E-state index is 0.0840. The Morgan fingerprint density at radius 3 is 2.80 bits per heavy atom. The number of amides is 2. The number of aliphatic hydroxyl groups is 1. The predicted octanol–water partition coefficient (Wildman–Crippen LogP) is 1.12. The first-order valence-electron chi connectivity index (χ1n) is 11.1. The second kappa shape index (κ2) is 9.47. The second-order valence-corrected chi connectivity index (χ2v) is 8.34. The lowest BCUT2D eigenvalue weighted by molar-refractivity contribution is -0.155. The minimum Gasteiger partial charge on any atom is -0.466 e. The maximum Gasteiger partial charge on any atom is 0.312 e. The van der Waals surface area contributed by atoms with E-state index in [0.29, 0.717) is 32.4 Å². The van der Waals surface area contributed by atoms with Gasteiger partial charge in [0.25, 0.3) is 0 Å². The van der Waals surface area contributed by atoms with Gasteiger partial charge in [0.15, 0.2) is 0 Å². The summed E-state index contributed by atoms with van der Waals surface area (Å²) in [5, 5.41) is 9.34. The lowest BCUT2D eigenvalue weighted by Gasteiger charge is -2.36. The number of carbonyl (C=O) groups is 3. The normalized spacial score (nSPS) is 31.7. The molecule has 3 heterocycles. The van der Waals surface area contributed by atoms with Crippen LogP contribution in [0.5, 0.6) is 0 Å². The second-order valence-electron chi connectivity index (χ2n) is 8.34. The Kier molecular flexibility index (Phi) is 7.18. The third kappa shape index (κ3) is 3.64. The van der Waals surface area contributed by atoms with Gasteiger partial charge in [-0.15, -0.1) is 6.58 Å². The van der Waals surface area contributed by atoms with Crippen LogP contribution in [0.15, 0.2) is 12.7 Å². The lowest BCUT2D eigenvalue weighted by atomic mass is 9.70. The van der Waals surface area contributed by atoms with E-state index in [1.165, 1.54) is 0 Å². The Labute approximate surface area is 178 Å². The molecule has 0 saturated carbocycles. The third-order valence-corrected chi connectivity index (χ3v) is 6.59. The van der Waals surface area contributed by atoms with E-state index in [9.17, 15) is 19.5 Å². The maximum atomic E-state index is 13.7. The first-order valence-corrected chi connectivity index (χ1v) is 11.1. The van der Waals surface area contributed by atoms with Gasteiger partial charge < -0.3 is 24.4 Å². The van der Waals surface area contributed by atoms with Crippen molar-refractivity contribution in [1.82, 2.24) is 9.80 Å². The number of unbranched alkanes of at least 4 members (excludes halogenated alkanes) is 1. The van der Waals surface area contributed by atoms with E-state index in [1.807, 2.05) is 0 Å². The van der Waals surface area contributed by atoms with E-state index < -0.39 is 35.6 Å². The molecule has 5 atom stereocenters. The predicted molar refractivity (Wildman–Crippen MR) is 109 cm³/mol. The molecule has 1 N–H and O–H groups in total. The highest BCUT2D eigenvalue weighted by Crippen LogP contribution is 2.58. The number of hydrogen-bond acceptors (Lipinski definition) is 6. The van der Waals surface area contributed by atoms with Gasteiger partial charge in [0, 0.05) is 26.2 Å². The summed E-state index contributed by atoms with van der Waals surface area (Å²) >= 11 is 0. The molecular formula is C22H34N2O6.